The van der Waals surface area contributed by atoms with Crippen molar-refractivity contribution in [2.24, 2.45) is 16.7 Å². The van der Waals surface area contributed by atoms with Gasteiger partial charge in [-0.3, -0.25) is 4.98 Å². The lowest BCUT2D eigenvalue weighted by Gasteiger charge is -2.65. The Kier molecular flexibility index (Phi) is 2.61. The zero-order chi connectivity index (χ0) is 13.8. The Hall–Kier alpha value is -0.890. The summed E-state index contributed by atoms with van der Waals surface area (Å²) in [5.74, 6) is 0.961. The molecule has 4 fully saturated rings. The molecule has 4 saturated carbocycles. The molecule has 2 atom stereocenters. The lowest BCUT2D eigenvalue weighted by atomic mass is 9.43. The van der Waals surface area contributed by atoms with Crippen LogP contribution in [0.25, 0.3) is 0 Å². The van der Waals surface area contributed by atoms with Gasteiger partial charge in [0.2, 0.25) is 0 Å². The number of pyridine rings is 1. The molecule has 0 saturated heterocycles. The van der Waals surface area contributed by atoms with Crippen molar-refractivity contribution in [3.63, 3.8) is 0 Å². The fourth-order valence-corrected chi connectivity index (χ4v) is 6.44. The average Bonchev–Trinajstić information content (AvgIpc) is 2.33. The highest BCUT2D eigenvalue weighted by molar-refractivity contribution is 5.16. The van der Waals surface area contributed by atoms with E-state index in [1.54, 1.807) is 0 Å². The van der Waals surface area contributed by atoms with Gasteiger partial charge < -0.3 is 5.32 Å². The van der Waals surface area contributed by atoms with Gasteiger partial charge in [-0.1, -0.05) is 19.9 Å². The van der Waals surface area contributed by atoms with Gasteiger partial charge in [0, 0.05) is 24.5 Å². The van der Waals surface area contributed by atoms with Crippen LogP contribution in [0, 0.1) is 16.7 Å². The molecule has 1 aromatic heterocycles. The Morgan fingerprint density at radius 1 is 1.15 bits per heavy atom. The molecule has 108 valence electrons. The lowest BCUT2D eigenvalue weighted by Crippen LogP contribution is -2.63. The van der Waals surface area contributed by atoms with Crippen LogP contribution in [-0.2, 0) is 6.54 Å². The first-order chi connectivity index (χ1) is 9.49. The van der Waals surface area contributed by atoms with E-state index >= 15 is 0 Å². The summed E-state index contributed by atoms with van der Waals surface area (Å²) in [6.07, 6.45) is 12.4. The molecule has 20 heavy (non-hydrogen) atoms. The number of nitrogens with one attached hydrogen (secondary N) is 1. The Bertz CT molecular complexity index is 491. The van der Waals surface area contributed by atoms with E-state index in [0.29, 0.717) is 16.4 Å². The highest BCUT2D eigenvalue weighted by Gasteiger charge is 2.59. The summed E-state index contributed by atoms with van der Waals surface area (Å²) in [4.78, 5) is 4.24. The molecule has 0 amide bonds. The van der Waals surface area contributed by atoms with Crippen LogP contribution in [0.15, 0.2) is 24.5 Å². The second-order valence-corrected chi connectivity index (χ2v) is 8.63. The lowest BCUT2D eigenvalue weighted by molar-refractivity contribution is -0.118. The maximum Gasteiger partial charge on any atom is 0.0312 e. The quantitative estimate of drug-likeness (QED) is 0.900. The summed E-state index contributed by atoms with van der Waals surface area (Å²) in [7, 11) is 0. The highest BCUT2D eigenvalue weighted by Crippen LogP contribution is 2.66. The van der Waals surface area contributed by atoms with Crippen LogP contribution in [0.1, 0.15) is 57.9 Å². The van der Waals surface area contributed by atoms with Crippen molar-refractivity contribution in [1.29, 1.82) is 0 Å². The van der Waals surface area contributed by atoms with Gasteiger partial charge in [0.15, 0.2) is 0 Å². The van der Waals surface area contributed by atoms with Gasteiger partial charge in [0.1, 0.15) is 0 Å². The van der Waals surface area contributed by atoms with Crippen molar-refractivity contribution in [1.82, 2.24) is 10.3 Å². The molecule has 1 N–H and O–H groups in total. The van der Waals surface area contributed by atoms with E-state index < -0.39 is 0 Å². The molecule has 2 unspecified atom stereocenters. The molecule has 0 aliphatic heterocycles. The van der Waals surface area contributed by atoms with Crippen LogP contribution < -0.4 is 5.32 Å². The second-order valence-electron chi connectivity index (χ2n) is 8.63. The van der Waals surface area contributed by atoms with Gasteiger partial charge in [-0.15, -0.1) is 0 Å². The van der Waals surface area contributed by atoms with Crippen molar-refractivity contribution in [3.8, 4) is 0 Å². The number of rotatable bonds is 3. The van der Waals surface area contributed by atoms with Crippen molar-refractivity contribution >= 4 is 0 Å². The number of hydrogen-bond acceptors (Lipinski definition) is 2. The van der Waals surface area contributed by atoms with E-state index in [2.05, 4.69) is 30.2 Å². The van der Waals surface area contributed by atoms with Gasteiger partial charge in [0.05, 0.1) is 0 Å². The van der Waals surface area contributed by atoms with Crippen LogP contribution in [0.3, 0.4) is 0 Å². The zero-order valence-corrected chi connectivity index (χ0v) is 12.8. The Labute approximate surface area is 122 Å². The molecule has 4 aliphatic carbocycles. The summed E-state index contributed by atoms with van der Waals surface area (Å²) in [5, 5.41) is 3.95. The van der Waals surface area contributed by atoms with Gasteiger partial charge in [-0.2, -0.15) is 0 Å². The van der Waals surface area contributed by atoms with Gasteiger partial charge in [-0.05, 0) is 66.9 Å². The minimum atomic E-state index is 0.402. The standard InChI is InChI=1S/C18H26N2/c1-16-6-15-7-17(2,11-16)13-18(8-15,12-16)20-10-14-4-3-5-19-9-14/h3-5,9,15,20H,6-8,10-13H2,1-2H3. The van der Waals surface area contributed by atoms with Crippen LogP contribution >= 0.6 is 0 Å². The normalized spacial score (nSPS) is 45.8. The molecule has 2 nitrogen and oxygen atoms in total. The van der Waals surface area contributed by atoms with E-state index in [9.17, 15) is 0 Å². The summed E-state index contributed by atoms with van der Waals surface area (Å²) in [5.41, 5.74) is 2.91. The van der Waals surface area contributed by atoms with Crippen LogP contribution in [0.5, 0.6) is 0 Å². The Balaban J connectivity index is 1.55. The fourth-order valence-electron chi connectivity index (χ4n) is 6.44. The predicted molar refractivity (Wildman–Crippen MR) is 81.2 cm³/mol. The van der Waals surface area contributed by atoms with E-state index in [-0.39, 0.29) is 0 Å². The third kappa shape index (κ3) is 2.09. The van der Waals surface area contributed by atoms with Crippen molar-refractivity contribution in [2.45, 2.75) is 64.5 Å². The number of hydrogen-bond donors (Lipinski definition) is 1. The average molecular weight is 270 g/mol. The molecule has 1 heterocycles. The van der Waals surface area contributed by atoms with Crippen LogP contribution in [0.4, 0.5) is 0 Å². The first-order valence-corrected chi connectivity index (χ1v) is 8.12. The molecule has 4 bridgehead atoms. The molecule has 2 heteroatoms. The summed E-state index contributed by atoms with van der Waals surface area (Å²) >= 11 is 0. The second kappa shape index (κ2) is 4.07. The van der Waals surface area contributed by atoms with Crippen LogP contribution in [-0.4, -0.2) is 10.5 Å². The molecular weight excluding hydrogens is 244 g/mol. The third-order valence-corrected chi connectivity index (χ3v) is 6.02. The van der Waals surface area contributed by atoms with Gasteiger partial charge in [0.25, 0.3) is 0 Å². The molecule has 0 aromatic carbocycles. The van der Waals surface area contributed by atoms with E-state index in [1.165, 1.54) is 44.1 Å². The monoisotopic (exact) mass is 270 g/mol. The van der Waals surface area contributed by atoms with Gasteiger partial charge in [-0.25, -0.2) is 0 Å². The summed E-state index contributed by atoms with van der Waals surface area (Å²) in [6, 6.07) is 4.23. The van der Waals surface area contributed by atoms with Crippen molar-refractivity contribution in [2.75, 3.05) is 0 Å². The minimum absolute atomic E-state index is 0.402. The molecule has 1 aromatic rings. The molecular formula is C18H26N2. The fraction of sp³-hybridized carbons (Fsp3) is 0.722. The van der Waals surface area contributed by atoms with Gasteiger partial charge >= 0.3 is 0 Å². The zero-order valence-electron chi connectivity index (χ0n) is 12.8. The molecule has 0 radical (unpaired) electrons. The van der Waals surface area contributed by atoms with E-state index in [4.69, 9.17) is 0 Å². The maximum atomic E-state index is 4.24. The van der Waals surface area contributed by atoms with E-state index in [1.807, 2.05) is 18.5 Å². The van der Waals surface area contributed by atoms with E-state index in [0.717, 1.165) is 12.5 Å². The summed E-state index contributed by atoms with van der Waals surface area (Å²) in [6.45, 7) is 6.05. The molecule has 0 spiro atoms. The summed E-state index contributed by atoms with van der Waals surface area (Å²) < 4.78 is 0. The van der Waals surface area contributed by atoms with Crippen molar-refractivity contribution < 1.29 is 0 Å². The number of aromatic nitrogens is 1. The highest BCUT2D eigenvalue weighted by atomic mass is 15.0. The number of nitrogens with zero attached hydrogens (tertiary/aromatic N) is 1. The Morgan fingerprint density at radius 3 is 2.50 bits per heavy atom. The first-order valence-electron chi connectivity index (χ1n) is 8.12. The van der Waals surface area contributed by atoms with Crippen molar-refractivity contribution in [3.05, 3.63) is 30.1 Å². The minimum Gasteiger partial charge on any atom is -0.307 e. The smallest absolute Gasteiger partial charge is 0.0312 e. The maximum absolute atomic E-state index is 4.24. The Morgan fingerprint density at radius 2 is 1.90 bits per heavy atom. The first kappa shape index (κ1) is 12.8. The van der Waals surface area contributed by atoms with Crippen LogP contribution in [0.2, 0.25) is 0 Å². The largest absolute Gasteiger partial charge is 0.307 e. The molecule has 5 rings (SSSR count). The topological polar surface area (TPSA) is 24.9 Å². The third-order valence-electron chi connectivity index (χ3n) is 6.02. The SMILES string of the molecule is CC12CC3CC(C)(C1)CC(NCc1cccnc1)(C3)C2. The predicted octanol–water partition coefficient (Wildman–Crippen LogP) is 3.92. The molecule has 4 aliphatic rings.